The molecule has 0 N–H and O–H groups in total. The fourth-order valence-electron chi connectivity index (χ4n) is 2.77. The number of carbonyl (C=O) groups excluding carboxylic acids is 1. The highest BCUT2D eigenvalue weighted by Gasteiger charge is 2.16. The summed E-state index contributed by atoms with van der Waals surface area (Å²) >= 11 is 5.81. The minimum absolute atomic E-state index is 0.191. The van der Waals surface area contributed by atoms with Crippen LogP contribution >= 0.6 is 11.6 Å². The van der Waals surface area contributed by atoms with E-state index in [0.29, 0.717) is 28.3 Å². The molecule has 2 aromatic carbocycles. The highest BCUT2D eigenvalue weighted by atomic mass is 35.5. The van der Waals surface area contributed by atoms with Crippen molar-refractivity contribution in [2.75, 3.05) is 13.1 Å². The van der Waals surface area contributed by atoms with Crippen molar-refractivity contribution in [2.24, 2.45) is 0 Å². The van der Waals surface area contributed by atoms with Crippen LogP contribution in [-0.4, -0.2) is 23.8 Å². The summed E-state index contributed by atoms with van der Waals surface area (Å²) in [5.41, 5.74) is 1.52. The zero-order valence-electron chi connectivity index (χ0n) is 12.2. The zero-order chi connectivity index (χ0) is 15.5. The average molecular weight is 318 g/mol. The van der Waals surface area contributed by atoms with Crippen LogP contribution in [-0.2, 0) is 6.54 Å². The van der Waals surface area contributed by atoms with E-state index in [0.717, 1.165) is 13.1 Å². The van der Waals surface area contributed by atoms with E-state index in [1.165, 1.54) is 18.9 Å². The summed E-state index contributed by atoms with van der Waals surface area (Å²) in [4.78, 5) is 14.6. The van der Waals surface area contributed by atoms with Gasteiger partial charge in [0.1, 0.15) is 5.82 Å². The summed E-state index contributed by atoms with van der Waals surface area (Å²) in [5.74, 6) is -0.505. The van der Waals surface area contributed by atoms with Gasteiger partial charge >= 0.3 is 0 Å². The number of carbonyl (C=O) groups is 1. The lowest BCUT2D eigenvalue weighted by Gasteiger charge is -2.15. The third-order valence-corrected chi connectivity index (χ3v) is 4.27. The maximum absolute atomic E-state index is 14.2. The van der Waals surface area contributed by atoms with Crippen molar-refractivity contribution in [3.63, 3.8) is 0 Å². The highest BCUT2D eigenvalue weighted by Crippen LogP contribution is 2.19. The minimum atomic E-state index is -0.313. The summed E-state index contributed by atoms with van der Waals surface area (Å²) in [6, 6.07) is 11.4. The van der Waals surface area contributed by atoms with Crippen molar-refractivity contribution in [2.45, 2.75) is 19.4 Å². The van der Waals surface area contributed by atoms with Gasteiger partial charge in [0.05, 0.1) is 0 Å². The molecule has 0 saturated carbocycles. The molecule has 1 heterocycles. The first-order chi connectivity index (χ1) is 10.6. The maximum atomic E-state index is 14.2. The van der Waals surface area contributed by atoms with E-state index >= 15 is 0 Å². The molecule has 0 unspecified atom stereocenters. The van der Waals surface area contributed by atoms with Crippen LogP contribution in [0, 0.1) is 5.82 Å². The second-order valence-electron chi connectivity index (χ2n) is 5.63. The molecule has 1 fully saturated rings. The van der Waals surface area contributed by atoms with E-state index in [9.17, 15) is 9.18 Å². The Hall–Kier alpha value is -1.71. The first kappa shape index (κ1) is 15.2. The Balaban J connectivity index is 1.78. The number of halogens is 2. The van der Waals surface area contributed by atoms with Crippen molar-refractivity contribution >= 4 is 17.4 Å². The quantitative estimate of drug-likeness (QED) is 0.783. The molecule has 1 aliphatic rings. The predicted octanol–water partition coefficient (Wildman–Crippen LogP) is 4.31. The largest absolute Gasteiger partial charge is 0.299 e. The Morgan fingerprint density at radius 2 is 1.68 bits per heavy atom. The molecule has 114 valence electrons. The van der Waals surface area contributed by atoms with Gasteiger partial charge in [-0.1, -0.05) is 23.7 Å². The molecule has 0 radical (unpaired) electrons. The van der Waals surface area contributed by atoms with Crippen molar-refractivity contribution in [1.29, 1.82) is 0 Å². The highest BCUT2D eigenvalue weighted by molar-refractivity contribution is 6.30. The molecular weight excluding hydrogens is 301 g/mol. The lowest BCUT2D eigenvalue weighted by atomic mass is 10.0. The number of rotatable bonds is 4. The average Bonchev–Trinajstić information content (AvgIpc) is 3.02. The predicted molar refractivity (Wildman–Crippen MR) is 85.8 cm³/mol. The van der Waals surface area contributed by atoms with E-state index in [1.54, 1.807) is 36.4 Å². The first-order valence-corrected chi connectivity index (χ1v) is 7.82. The molecule has 0 atom stereocenters. The van der Waals surface area contributed by atoms with Gasteiger partial charge in [-0.25, -0.2) is 4.39 Å². The Labute approximate surface area is 134 Å². The van der Waals surface area contributed by atoms with Gasteiger partial charge in [0.25, 0.3) is 0 Å². The smallest absolute Gasteiger partial charge is 0.193 e. The van der Waals surface area contributed by atoms with Crippen LogP contribution in [0.1, 0.15) is 34.3 Å². The number of hydrogen-bond donors (Lipinski definition) is 0. The monoisotopic (exact) mass is 317 g/mol. The molecule has 0 spiro atoms. The third kappa shape index (κ3) is 3.37. The maximum Gasteiger partial charge on any atom is 0.193 e. The molecule has 4 heteroatoms. The van der Waals surface area contributed by atoms with E-state index in [4.69, 9.17) is 11.6 Å². The van der Waals surface area contributed by atoms with Gasteiger partial charge in [-0.05, 0) is 56.3 Å². The molecule has 2 nitrogen and oxygen atoms in total. The standard InChI is InChI=1S/C18H17ClFNO/c19-16-7-5-13(6-8-16)18(22)14-3-4-15(17(20)11-14)12-21-9-1-2-10-21/h3-8,11H,1-2,9-10,12H2. The molecule has 0 amide bonds. The van der Waals surface area contributed by atoms with Crippen LogP contribution in [0.3, 0.4) is 0 Å². The van der Waals surface area contributed by atoms with E-state index in [2.05, 4.69) is 4.90 Å². The van der Waals surface area contributed by atoms with Gasteiger partial charge in [0.15, 0.2) is 5.78 Å². The Morgan fingerprint density at radius 3 is 2.32 bits per heavy atom. The molecule has 0 aromatic heterocycles. The van der Waals surface area contributed by atoms with Gasteiger partial charge < -0.3 is 0 Å². The van der Waals surface area contributed by atoms with E-state index in [-0.39, 0.29) is 11.6 Å². The lowest BCUT2D eigenvalue weighted by Crippen LogP contribution is -2.19. The van der Waals surface area contributed by atoms with Crippen LogP contribution < -0.4 is 0 Å². The number of likely N-dealkylation sites (tertiary alicyclic amines) is 1. The molecule has 3 rings (SSSR count). The van der Waals surface area contributed by atoms with Crippen molar-refractivity contribution in [3.8, 4) is 0 Å². The minimum Gasteiger partial charge on any atom is -0.299 e. The van der Waals surface area contributed by atoms with Gasteiger partial charge in [-0.2, -0.15) is 0 Å². The second kappa shape index (κ2) is 6.59. The number of benzene rings is 2. The van der Waals surface area contributed by atoms with Crippen molar-refractivity contribution in [1.82, 2.24) is 4.90 Å². The molecule has 1 saturated heterocycles. The molecule has 22 heavy (non-hydrogen) atoms. The molecule has 2 aromatic rings. The molecule has 0 bridgehead atoms. The van der Waals surface area contributed by atoms with Gasteiger partial charge in [0.2, 0.25) is 0 Å². The van der Waals surface area contributed by atoms with Crippen molar-refractivity contribution < 1.29 is 9.18 Å². The molecular formula is C18H17ClFNO. The summed E-state index contributed by atoms with van der Waals surface area (Å²) < 4.78 is 14.2. The van der Waals surface area contributed by atoms with Gasteiger partial charge in [-0.15, -0.1) is 0 Å². The SMILES string of the molecule is O=C(c1ccc(Cl)cc1)c1ccc(CN2CCCC2)c(F)c1. The van der Waals surface area contributed by atoms with Crippen molar-refractivity contribution in [3.05, 3.63) is 70.0 Å². The fourth-order valence-corrected chi connectivity index (χ4v) is 2.89. The second-order valence-corrected chi connectivity index (χ2v) is 6.06. The number of hydrogen-bond acceptors (Lipinski definition) is 2. The van der Waals surface area contributed by atoms with E-state index < -0.39 is 0 Å². The normalized spacial score (nSPS) is 15.2. The topological polar surface area (TPSA) is 20.3 Å². The fraction of sp³-hybridized carbons (Fsp3) is 0.278. The molecule has 1 aliphatic heterocycles. The lowest BCUT2D eigenvalue weighted by molar-refractivity contribution is 0.103. The first-order valence-electron chi connectivity index (χ1n) is 7.44. The third-order valence-electron chi connectivity index (χ3n) is 4.01. The van der Waals surface area contributed by atoms with Crippen LogP contribution in [0.25, 0.3) is 0 Å². The van der Waals surface area contributed by atoms with Gasteiger partial charge in [0, 0.05) is 28.3 Å². The van der Waals surface area contributed by atoms with Crippen LogP contribution in [0.15, 0.2) is 42.5 Å². The van der Waals surface area contributed by atoms with E-state index in [1.807, 2.05) is 0 Å². The number of nitrogens with zero attached hydrogens (tertiary/aromatic N) is 1. The summed E-state index contributed by atoms with van der Waals surface area (Å²) in [6.07, 6.45) is 2.35. The Bertz CT molecular complexity index is 678. The summed E-state index contributed by atoms with van der Waals surface area (Å²) in [7, 11) is 0. The summed E-state index contributed by atoms with van der Waals surface area (Å²) in [5, 5.41) is 0.573. The zero-order valence-corrected chi connectivity index (χ0v) is 12.9. The summed E-state index contributed by atoms with van der Waals surface area (Å²) in [6.45, 7) is 2.65. The van der Waals surface area contributed by atoms with Crippen LogP contribution in [0.5, 0.6) is 0 Å². The van der Waals surface area contributed by atoms with Crippen LogP contribution in [0.4, 0.5) is 4.39 Å². The number of ketones is 1. The Morgan fingerprint density at radius 1 is 1.05 bits per heavy atom. The van der Waals surface area contributed by atoms with Crippen LogP contribution in [0.2, 0.25) is 5.02 Å². The van der Waals surface area contributed by atoms with Gasteiger partial charge in [-0.3, -0.25) is 9.69 Å². The Kier molecular flexibility index (Phi) is 4.55. The molecule has 0 aliphatic carbocycles.